The van der Waals surface area contributed by atoms with Crippen LogP contribution in [0.15, 0.2) is 23.1 Å². The van der Waals surface area contributed by atoms with Gasteiger partial charge in [-0.1, -0.05) is 13.8 Å². The van der Waals surface area contributed by atoms with Crippen LogP contribution in [-0.2, 0) is 10.0 Å². The van der Waals surface area contributed by atoms with Gasteiger partial charge in [0.2, 0.25) is 10.0 Å². The highest BCUT2D eigenvalue weighted by Crippen LogP contribution is 2.32. The van der Waals surface area contributed by atoms with Crippen LogP contribution in [0, 0.1) is 0 Å². The van der Waals surface area contributed by atoms with E-state index in [0.717, 1.165) is 13.0 Å². The molecule has 1 aromatic carbocycles. The third-order valence-electron chi connectivity index (χ3n) is 3.02. The van der Waals surface area contributed by atoms with E-state index in [9.17, 15) is 8.42 Å². The molecule has 1 heterocycles. The summed E-state index contributed by atoms with van der Waals surface area (Å²) in [5, 5.41) is 3.24. The SMILES string of the molecule is CC(C)NCCCNS(=O)(=O)c1ccc2c(c1)OCCO2. The van der Waals surface area contributed by atoms with Crippen molar-refractivity contribution in [1.82, 2.24) is 10.0 Å². The second kappa shape index (κ2) is 7.11. The quantitative estimate of drug-likeness (QED) is 0.738. The predicted molar refractivity (Wildman–Crippen MR) is 80.4 cm³/mol. The predicted octanol–water partition coefficient (Wildman–Crippen LogP) is 1.12. The minimum absolute atomic E-state index is 0.198. The summed E-state index contributed by atoms with van der Waals surface area (Å²) < 4.78 is 37.7. The molecule has 6 nitrogen and oxygen atoms in total. The van der Waals surface area contributed by atoms with Gasteiger partial charge in [-0.15, -0.1) is 0 Å². The Morgan fingerprint density at radius 3 is 2.57 bits per heavy atom. The number of nitrogens with one attached hydrogen (secondary N) is 2. The van der Waals surface area contributed by atoms with Gasteiger partial charge in [-0.05, 0) is 25.1 Å². The Balaban J connectivity index is 1.93. The lowest BCUT2D eigenvalue weighted by atomic mass is 10.3. The van der Waals surface area contributed by atoms with E-state index in [2.05, 4.69) is 23.9 Å². The maximum atomic E-state index is 12.2. The first-order valence-electron chi connectivity index (χ1n) is 7.12. The van der Waals surface area contributed by atoms with Gasteiger partial charge in [0.15, 0.2) is 11.5 Å². The molecular formula is C14H22N2O4S. The lowest BCUT2D eigenvalue weighted by Gasteiger charge is -2.19. The molecule has 0 saturated carbocycles. The van der Waals surface area contributed by atoms with Crippen molar-refractivity contribution in [1.29, 1.82) is 0 Å². The molecule has 0 atom stereocenters. The molecule has 0 aromatic heterocycles. The fourth-order valence-electron chi connectivity index (χ4n) is 1.96. The van der Waals surface area contributed by atoms with Crippen LogP contribution in [0.5, 0.6) is 11.5 Å². The van der Waals surface area contributed by atoms with E-state index >= 15 is 0 Å². The van der Waals surface area contributed by atoms with Crippen LogP contribution in [0.2, 0.25) is 0 Å². The number of rotatable bonds is 7. The van der Waals surface area contributed by atoms with Crippen LogP contribution >= 0.6 is 0 Å². The summed E-state index contributed by atoms with van der Waals surface area (Å²) in [6.07, 6.45) is 0.738. The molecule has 0 bridgehead atoms. The normalized spacial score (nSPS) is 14.4. The van der Waals surface area contributed by atoms with Gasteiger partial charge < -0.3 is 14.8 Å². The highest BCUT2D eigenvalue weighted by atomic mass is 32.2. The number of sulfonamides is 1. The summed E-state index contributed by atoms with van der Waals surface area (Å²) in [6, 6.07) is 5.06. The maximum Gasteiger partial charge on any atom is 0.240 e. The molecule has 0 amide bonds. The maximum absolute atomic E-state index is 12.2. The number of ether oxygens (including phenoxy) is 2. The topological polar surface area (TPSA) is 76.7 Å². The Morgan fingerprint density at radius 2 is 1.86 bits per heavy atom. The monoisotopic (exact) mass is 314 g/mol. The van der Waals surface area contributed by atoms with Crippen molar-refractivity contribution in [3.8, 4) is 11.5 Å². The number of hydrogen-bond donors (Lipinski definition) is 2. The summed E-state index contributed by atoms with van der Waals surface area (Å²) >= 11 is 0. The molecule has 2 rings (SSSR count). The molecule has 0 unspecified atom stereocenters. The molecule has 1 aromatic rings. The highest BCUT2D eigenvalue weighted by molar-refractivity contribution is 7.89. The van der Waals surface area contributed by atoms with Crippen molar-refractivity contribution < 1.29 is 17.9 Å². The first-order valence-corrected chi connectivity index (χ1v) is 8.60. The molecule has 1 aliphatic heterocycles. The minimum atomic E-state index is -3.51. The molecule has 0 saturated heterocycles. The van der Waals surface area contributed by atoms with Gasteiger partial charge in [-0.3, -0.25) is 0 Å². The Hall–Kier alpha value is -1.31. The van der Waals surface area contributed by atoms with E-state index in [0.29, 0.717) is 37.3 Å². The van der Waals surface area contributed by atoms with Crippen molar-refractivity contribution in [2.45, 2.75) is 31.2 Å². The van der Waals surface area contributed by atoms with Gasteiger partial charge >= 0.3 is 0 Å². The summed E-state index contributed by atoms with van der Waals surface area (Å²) in [7, 11) is -3.51. The average molecular weight is 314 g/mol. The van der Waals surface area contributed by atoms with E-state index in [1.54, 1.807) is 6.07 Å². The highest BCUT2D eigenvalue weighted by Gasteiger charge is 2.18. The smallest absolute Gasteiger partial charge is 0.240 e. The molecule has 0 spiro atoms. The summed E-state index contributed by atoms with van der Waals surface area (Å²) in [5.41, 5.74) is 0. The molecule has 0 fully saturated rings. The molecule has 118 valence electrons. The van der Waals surface area contributed by atoms with Crippen LogP contribution in [-0.4, -0.2) is 40.8 Å². The third kappa shape index (κ3) is 4.59. The van der Waals surface area contributed by atoms with Gasteiger partial charge in [0.1, 0.15) is 13.2 Å². The molecule has 21 heavy (non-hydrogen) atoms. The van der Waals surface area contributed by atoms with Crippen LogP contribution in [0.4, 0.5) is 0 Å². The van der Waals surface area contributed by atoms with Crippen molar-refractivity contribution in [2.24, 2.45) is 0 Å². The second-order valence-electron chi connectivity index (χ2n) is 5.17. The largest absolute Gasteiger partial charge is 0.486 e. The van der Waals surface area contributed by atoms with Crippen molar-refractivity contribution >= 4 is 10.0 Å². The fraction of sp³-hybridized carbons (Fsp3) is 0.571. The zero-order chi connectivity index (χ0) is 15.3. The zero-order valence-electron chi connectivity index (χ0n) is 12.4. The fourth-order valence-corrected chi connectivity index (χ4v) is 3.05. The molecule has 7 heteroatoms. The van der Waals surface area contributed by atoms with Gasteiger partial charge in [0, 0.05) is 18.7 Å². The van der Waals surface area contributed by atoms with E-state index in [-0.39, 0.29) is 4.90 Å². The van der Waals surface area contributed by atoms with E-state index in [1.807, 2.05) is 0 Å². The number of fused-ring (bicyclic) bond motifs is 1. The van der Waals surface area contributed by atoms with Crippen molar-refractivity contribution in [3.05, 3.63) is 18.2 Å². The van der Waals surface area contributed by atoms with Crippen LogP contribution in [0.3, 0.4) is 0 Å². The average Bonchev–Trinajstić information content (AvgIpc) is 2.46. The van der Waals surface area contributed by atoms with E-state index in [4.69, 9.17) is 9.47 Å². The third-order valence-corrected chi connectivity index (χ3v) is 4.48. The lowest BCUT2D eigenvalue weighted by Crippen LogP contribution is -2.29. The molecular weight excluding hydrogens is 292 g/mol. The number of hydrogen-bond acceptors (Lipinski definition) is 5. The van der Waals surface area contributed by atoms with Gasteiger partial charge in [-0.2, -0.15) is 0 Å². The minimum Gasteiger partial charge on any atom is -0.486 e. The zero-order valence-corrected chi connectivity index (χ0v) is 13.2. The van der Waals surface area contributed by atoms with Gasteiger partial charge in [-0.25, -0.2) is 13.1 Å². The molecule has 0 radical (unpaired) electrons. The van der Waals surface area contributed by atoms with Crippen LogP contribution in [0.1, 0.15) is 20.3 Å². The van der Waals surface area contributed by atoms with Gasteiger partial charge in [0.05, 0.1) is 4.90 Å². The first-order chi connectivity index (χ1) is 9.99. The van der Waals surface area contributed by atoms with Crippen molar-refractivity contribution in [3.63, 3.8) is 0 Å². The molecule has 2 N–H and O–H groups in total. The summed E-state index contributed by atoms with van der Waals surface area (Å²) in [4.78, 5) is 0.198. The lowest BCUT2D eigenvalue weighted by molar-refractivity contribution is 0.171. The first kappa shape index (κ1) is 16.1. The van der Waals surface area contributed by atoms with Gasteiger partial charge in [0.25, 0.3) is 0 Å². The Morgan fingerprint density at radius 1 is 1.14 bits per heavy atom. The Labute approximate surface area is 125 Å². The molecule has 1 aliphatic rings. The van der Waals surface area contributed by atoms with Crippen LogP contribution in [0.25, 0.3) is 0 Å². The second-order valence-corrected chi connectivity index (χ2v) is 6.93. The summed E-state index contributed by atoms with van der Waals surface area (Å²) in [5.74, 6) is 1.06. The van der Waals surface area contributed by atoms with E-state index in [1.165, 1.54) is 12.1 Å². The van der Waals surface area contributed by atoms with E-state index < -0.39 is 10.0 Å². The Kier molecular flexibility index (Phi) is 5.44. The summed E-state index contributed by atoms with van der Waals surface area (Å²) in [6.45, 7) is 6.21. The number of benzene rings is 1. The van der Waals surface area contributed by atoms with Crippen molar-refractivity contribution in [2.75, 3.05) is 26.3 Å². The van der Waals surface area contributed by atoms with Crippen LogP contribution < -0.4 is 19.5 Å². The molecule has 0 aliphatic carbocycles. The Bertz CT molecular complexity index is 572. The standard InChI is InChI=1S/C14H22N2O4S/c1-11(2)15-6-3-7-16-21(17,18)12-4-5-13-14(10-12)20-9-8-19-13/h4-5,10-11,15-16H,3,6-9H2,1-2H3.